The fourth-order valence-corrected chi connectivity index (χ4v) is 0.357. The highest BCUT2D eigenvalue weighted by Crippen LogP contribution is 2.01. The average molecular weight is 130 g/mol. The molecule has 0 saturated heterocycles. The first-order valence-electron chi connectivity index (χ1n) is 2.82. The molecule has 54 valence electrons. The molecule has 0 radical (unpaired) electrons. The van der Waals surface area contributed by atoms with E-state index in [0.717, 1.165) is 0 Å². The summed E-state index contributed by atoms with van der Waals surface area (Å²) in [6.07, 6.45) is 0. The molecule has 0 heterocycles. The van der Waals surface area contributed by atoms with Crippen molar-refractivity contribution in [3.63, 3.8) is 0 Å². The van der Waals surface area contributed by atoms with E-state index in [9.17, 15) is 4.79 Å². The van der Waals surface area contributed by atoms with Gasteiger partial charge in [0.2, 0.25) is 0 Å². The van der Waals surface area contributed by atoms with Crippen LogP contribution in [-0.4, -0.2) is 25.7 Å². The average Bonchev–Trinajstić information content (AvgIpc) is 1.86. The molecule has 0 aliphatic carbocycles. The SMILES string of the molecule is COC(=O)C(C)(C)N[11CH3]. The summed E-state index contributed by atoms with van der Waals surface area (Å²) < 4.78 is 4.50. The van der Waals surface area contributed by atoms with Crippen molar-refractivity contribution in [1.29, 1.82) is 0 Å². The number of rotatable bonds is 2. The summed E-state index contributed by atoms with van der Waals surface area (Å²) in [4.78, 5) is 10.8. The van der Waals surface area contributed by atoms with Crippen molar-refractivity contribution >= 4 is 5.97 Å². The number of hydrogen-bond donors (Lipinski definition) is 1. The van der Waals surface area contributed by atoms with Gasteiger partial charge in [-0.15, -0.1) is 0 Å². The molecule has 0 fully saturated rings. The Morgan fingerprint density at radius 3 is 2.11 bits per heavy atom. The van der Waals surface area contributed by atoms with Crippen molar-refractivity contribution in [3.05, 3.63) is 0 Å². The highest BCUT2D eigenvalue weighted by molar-refractivity contribution is 5.79. The normalized spacial score (nSPS) is 11.1. The molecule has 0 unspecified atom stereocenters. The van der Waals surface area contributed by atoms with E-state index in [4.69, 9.17) is 0 Å². The Morgan fingerprint density at radius 1 is 1.56 bits per heavy atom. The van der Waals surface area contributed by atoms with E-state index in [1.165, 1.54) is 7.11 Å². The lowest BCUT2D eigenvalue weighted by Gasteiger charge is -2.19. The molecule has 0 aliphatic rings. The van der Waals surface area contributed by atoms with Crippen LogP contribution in [0.1, 0.15) is 13.8 Å². The highest BCUT2D eigenvalue weighted by atomic mass is 16.5. The molecule has 3 nitrogen and oxygen atoms in total. The van der Waals surface area contributed by atoms with Crippen LogP contribution in [0.15, 0.2) is 0 Å². The van der Waals surface area contributed by atoms with Gasteiger partial charge in [0.05, 0.1) is 7.11 Å². The second-order valence-electron chi connectivity index (χ2n) is 2.37. The maximum Gasteiger partial charge on any atom is 0.325 e. The number of likely N-dealkylation sites (N-methyl/N-ethyl adjacent to an activating group) is 1. The Balaban J connectivity index is 3.97. The number of carbonyl (C=O) groups is 1. The van der Waals surface area contributed by atoms with Crippen LogP contribution in [-0.2, 0) is 9.53 Å². The van der Waals surface area contributed by atoms with Crippen molar-refractivity contribution in [2.75, 3.05) is 14.2 Å². The maximum absolute atomic E-state index is 10.8. The van der Waals surface area contributed by atoms with E-state index in [-0.39, 0.29) is 5.97 Å². The molecule has 0 aromatic rings. The third-order valence-corrected chi connectivity index (χ3v) is 1.32. The summed E-state index contributed by atoms with van der Waals surface area (Å²) >= 11 is 0. The van der Waals surface area contributed by atoms with Gasteiger partial charge in [-0.3, -0.25) is 4.79 Å². The zero-order chi connectivity index (χ0) is 7.49. The van der Waals surface area contributed by atoms with Crippen LogP contribution in [0.4, 0.5) is 0 Å². The van der Waals surface area contributed by atoms with E-state index in [1.54, 1.807) is 20.9 Å². The summed E-state index contributed by atoms with van der Waals surface area (Å²) in [6, 6.07) is 0. The number of methoxy groups -OCH3 is 1. The van der Waals surface area contributed by atoms with Crippen LogP contribution >= 0.6 is 0 Å². The maximum atomic E-state index is 10.8. The Kier molecular flexibility index (Phi) is 2.65. The molecule has 0 saturated carbocycles. The minimum absolute atomic E-state index is 0.245. The van der Waals surface area contributed by atoms with Crippen LogP contribution in [0.25, 0.3) is 0 Å². The van der Waals surface area contributed by atoms with Crippen LogP contribution in [0.2, 0.25) is 0 Å². The summed E-state index contributed by atoms with van der Waals surface area (Å²) in [6.45, 7) is 3.53. The number of esters is 1. The van der Waals surface area contributed by atoms with Crippen molar-refractivity contribution in [1.82, 2.24) is 5.32 Å². The Hall–Kier alpha value is -0.570. The topological polar surface area (TPSA) is 38.3 Å². The molecule has 0 amide bonds. The van der Waals surface area contributed by atoms with E-state index in [2.05, 4.69) is 10.1 Å². The molecule has 1 N–H and O–H groups in total. The second-order valence-corrected chi connectivity index (χ2v) is 2.37. The predicted molar refractivity (Wildman–Crippen MR) is 35.2 cm³/mol. The first-order chi connectivity index (χ1) is 4.04. The minimum atomic E-state index is -0.561. The lowest BCUT2D eigenvalue weighted by atomic mass is 10.1. The standard InChI is InChI=1S/C6H13NO2/c1-6(2,7-3)5(8)9-4/h7H,1-4H3/i3-1. The highest BCUT2D eigenvalue weighted by Gasteiger charge is 2.25. The molecule has 3 heteroatoms. The van der Waals surface area contributed by atoms with E-state index < -0.39 is 5.54 Å². The zero-order valence-corrected chi connectivity index (χ0v) is 6.32. The quantitative estimate of drug-likeness (QED) is 0.541. The van der Waals surface area contributed by atoms with Gasteiger partial charge < -0.3 is 10.1 Å². The molecule has 0 aromatic heterocycles. The Labute approximate surface area is 55.4 Å². The van der Waals surface area contributed by atoms with Gasteiger partial charge in [-0.05, 0) is 20.9 Å². The second kappa shape index (κ2) is 2.82. The van der Waals surface area contributed by atoms with Gasteiger partial charge in [0.15, 0.2) is 0 Å². The van der Waals surface area contributed by atoms with Crippen molar-refractivity contribution in [2.45, 2.75) is 19.4 Å². The molecule has 0 spiro atoms. The molecule has 0 rings (SSSR count). The smallest absolute Gasteiger partial charge is 0.325 e. The molecule has 0 atom stereocenters. The van der Waals surface area contributed by atoms with Gasteiger partial charge in [-0.1, -0.05) is 0 Å². The lowest BCUT2D eigenvalue weighted by Crippen LogP contribution is -2.45. The number of carbonyl (C=O) groups excluding carboxylic acids is 1. The molecular formula is C6H13NO2. The molecular weight excluding hydrogens is 117 g/mol. The van der Waals surface area contributed by atoms with Crippen molar-refractivity contribution in [3.8, 4) is 0 Å². The van der Waals surface area contributed by atoms with Gasteiger partial charge in [-0.25, -0.2) is 0 Å². The number of nitrogens with one attached hydrogen (secondary N) is 1. The summed E-state index contributed by atoms with van der Waals surface area (Å²) in [7, 11) is 3.10. The van der Waals surface area contributed by atoms with Crippen molar-refractivity contribution in [2.24, 2.45) is 0 Å². The van der Waals surface area contributed by atoms with E-state index in [1.807, 2.05) is 0 Å². The largest absolute Gasteiger partial charge is 0.468 e. The Bertz CT molecular complexity index is 110. The monoisotopic (exact) mass is 130 g/mol. The summed E-state index contributed by atoms with van der Waals surface area (Å²) in [5.41, 5.74) is -0.561. The third-order valence-electron chi connectivity index (χ3n) is 1.32. The first kappa shape index (κ1) is 8.43. The van der Waals surface area contributed by atoms with Crippen LogP contribution in [0.5, 0.6) is 0 Å². The van der Waals surface area contributed by atoms with Gasteiger partial charge in [0.25, 0.3) is 0 Å². The van der Waals surface area contributed by atoms with Gasteiger partial charge in [0.1, 0.15) is 5.54 Å². The Morgan fingerprint density at radius 2 is 2.00 bits per heavy atom. The van der Waals surface area contributed by atoms with Gasteiger partial charge >= 0.3 is 5.97 Å². The lowest BCUT2D eigenvalue weighted by molar-refractivity contribution is -0.146. The predicted octanol–water partition coefficient (Wildman–Crippen LogP) is 0.157. The van der Waals surface area contributed by atoms with Crippen LogP contribution in [0, 0.1) is 0 Å². The first-order valence-corrected chi connectivity index (χ1v) is 2.82. The fraction of sp³-hybridized carbons (Fsp3) is 0.833. The fourth-order valence-electron chi connectivity index (χ4n) is 0.357. The molecule has 0 bridgehead atoms. The number of ether oxygens (including phenoxy) is 1. The van der Waals surface area contributed by atoms with E-state index in [0.29, 0.717) is 0 Å². The third kappa shape index (κ3) is 2.01. The van der Waals surface area contributed by atoms with Gasteiger partial charge in [-0.2, -0.15) is 0 Å². The molecule has 0 aromatic carbocycles. The summed E-state index contributed by atoms with van der Waals surface area (Å²) in [5.74, 6) is -0.245. The van der Waals surface area contributed by atoms with Crippen LogP contribution < -0.4 is 5.32 Å². The van der Waals surface area contributed by atoms with Gasteiger partial charge in [0, 0.05) is 0 Å². The van der Waals surface area contributed by atoms with Crippen LogP contribution in [0.3, 0.4) is 0 Å². The zero-order valence-electron chi connectivity index (χ0n) is 6.32. The summed E-state index contributed by atoms with van der Waals surface area (Å²) in [5, 5.41) is 2.82. The van der Waals surface area contributed by atoms with Crippen molar-refractivity contribution < 1.29 is 9.53 Å². The van der Waals surface area contributed by atoms with E-state index >= 15 is 0 Å². The minimum Gasteiger partial charge on any atom is -0.468 e. The molecule has 9 heavy (non-hydrogen) atoms. The number of hydrogen-bond acceptors (Lipinski definition) is 3. The molecule has 0 aliphatic heterocycles.